The topological polar surface area (TPSA) is 69.6 Å². The maximum absolute atomic E-state index is 12.4. The molecule has 0 aliphatic carbocycles. The van der Waals surface area contributed by atoms with Gasteiger partial charge in [0.05, 0.1) is 12.0 Å². The lowest BCUT2D eigenvalue weighted by molar-refractivity contribution is -0.126. The van der Waals surface area contributed by atoms with Gasteiger partial charge in [0.25, 0.3) is 0 Å². The van der Waals surface area contributed by atoms with Gasteiger partial charge in [-0.05, 0) is 42.7 Å². The summed E-state index contributed by atoms with van der Waals surface area (Å²) in [5.74, 6) is -0.604. The van der Waals surface area contributed by atoms with Gasteiger partial charge in [-0.25, -0.2) is 0 Å². The Morgan fingerprint density at radius 2 is 1.93 bits per heavy atom. The Labute approximate surface area is 160 Å². The van der Waals surface area contributed by atoms with Crippen molar-refractivity contribution < 1.29 is 14.7 Å². The fourth-order valence-electron chi connectivity index (χ4n) is 3.35. The predicted octanol–water partition coefficient (Wildman–Crippen LogP) is 2.38. The van der Waals surface area contributed by atoms with E-state index in [2.05, 4.69) is 5.32 Å². The number of hydrogen-bond donors (Lipinski definition) is 2. The van der Waals surface area contributed by atoms with E-state index in [0.717, 1.165) is 16.8 Å². The number of hydrogen-bond acceptors (Lipinski definition) is 3. The second-order valence-electron chi connectivity index (χ2n) is 7.26. The molecule has 0 radical (unpaired) electrons. The van der Waals surface area contributed by atoms with Gasteiger partial charge in [-0.2, -0.15) is 0 Å². The van der Waals surface area contributed by atoms with Crippen LogP contribution in [0.15, 0.2) is 48.5 Å². The normalized spacial score (nSPS) is 17.8. The Hall–Kier alpha value is -2.66. The molecule has 0 aromatic heterocycles. The highest BCUT2D eigenvalue weighted by Crippen LogP contribution is 2.26. The summed E-state index contributed by atoms with van der Waals surface area (Å²) in [4.78, 5) is 26.5. The molecule has 0 bridgehead atoms. The monoisotopic (exact) mass is 366 g/mol. The maximum Gasteiger partial charge on any atom is 0.227 e. The van der Waals surface area contributed by atoms with E-state index < -0.39 is 6.10 Å². The molecular formula is C22H26N2O3. The molecule has 2 N–H and O–H groups in total. The van der Waals surface area contributed by atoms with Crippen molar-refractivity contribution in [2.45, 2.75) is 32.8 Å². The quantitative estimate of drug-likeness (QED) is 0.825. The van der Waals surface area contributed by atoms with Gasteiger partial charge in [-0.1, -0.05) is 36.4 Å². The van der Waals surface area contributed by atoms with E-state index in [1.807, 2.05) is 62.4 Å². The average molecular weight is 366 g/mol. The number of carbonyl (C=O) groups excluding carboxylic acids is 2. The Bertz CT molecular complexity index is 820. The van der Waals surface area contributed by atoms with E-state index in [1.54, 1.807) is 4.90 Å². The first-order valence-electron chi connectivity index (χ1n) is 9.31. The first-order valence-corrected chi connectivity index (χ1v) is 9.31. The highest BCUT2D eigenvalue weighted by Gasteiger charge is 2.35. The van der Waals surface area contributed by atoms with Crippen molar-refractivity contribution in [3.8, 4) is 0 Å². The van der Waals surface area contributed by atoms with E-state index in [9.17, 15) is 14.7 Å². The molecule has 2 atom stereocenters. The Morgan fingerprint density at radius 3 is 2.63 bits per heavy atom. The second-order valence-corrected chi connectivity index (χ2v) is 7.26. The molecule has 2 amide bonds. The number of amides is 2. The van der Waals surface area contributed by atoms with Crippen LogP contribution in [0, 0.1) is 19.8 Å². The molecule has 3 rings (SSSR count). The largest absolute Gasteiger partial charge is 0.391 e. The van der Waals surface area contributed by atoms with Gasteiger partial charge >= 0.3 is 0 Å². The molecule has 2 unspecified atom stereocenters. The predicted molar refractivity (Wildman–Crippen MR) is 106 cm³/mol. The average Bonchev–Trinajstić information content (AvgIpc) is 3.05. The second kappa shape index (κ2) is 8.35. The summed E-state index contributed by atoms with van der Waals surface area (Å²) in [5, 5.41) is 12.9. The number of nitrogens with zero attached hydrogens (tertiary/aromatic N) is 1. The Morgan fingerprint density at radius 1 is 1.19 bits per heavy atom. The van der Waals surface area contributed by atoms with Crippen molar-refractivity contribution in [3.63, 3.8) is 0 Å². The molecule has 1 aliphatic heterocycles. The van der Waals surface area contributed by atoms with Crippen LogP contribution in [-0.2, 0) is 16.0 Å². The van der Waals surface area contributed by atoms with Crippen LogP contribution >= 0.6 is 0 Å². The molecule has 142 valence electrons. The van der Waals surface area contributed by atoms with Crippen LogP contribution in [0.25, 0.3) is 0 Å². The highest BCUT2D eigenvalue weighted by molar-refractivity contribution is 6.00. The van der Waals surface area contributed by atoms with Crippen LogP contribution in [0.4, 0.5) is 5.69 Å². The molecular weight excluding hydrogens is 340 g/mol. The van der Waals surface area contributed by atoms with E-state index in [4.69, 9.17) is 0 Å². The van der Waals surface area contributed by atoms with Crippen LogP contribution in [0.5, 0.6) is 0 Å². The van der Waals surface area contributed by atoms with Gasteiger partial charge in [-0.3, -0.25) is 9.59 Å². The summed E-state index contributed by atoms with van der Waals surface area (Å²) in [7, 11) is 0. The molecule has 1 fully saturated rings. The summed E-state index contributed by atoms with van der Waals surface area (Å²) in [6.45, 7) is 4.60. The Balaban J connectivity index is 1.53. The number of aryl methyl sites for hydroxylation is 2. The SMILES string of the molecule is Cc1ccc(N2CC(C(=O)NCC(O)Cc3ccccc3)CC2=O)cc1C. The maximum atomic E-state index is 12.4. The summed E-state index contributed by atoms with van der Waals surface area (Å²) >= 11 is 0. The van der Waals surface area contributed by atoms with Crippen LogP contribution in [-0.4, -0.2) is 36.1 Å². The zero-order valence-electron chi connectivity index (χ0n) is 15.8. The van der Waals surface area contributed by atoms with Crippen LogP contribution in [0.3, 0.4) is 0 Å². The molecule has 0 saturated carbocycles. The van der Waals surface area contributed by atoms with Crippen LogP contribution < -0.4 is 10.2 Å². The number of nitrogens with one attached hydrogen (secondary N) is 1. The molecule has 1 aliphatic rings. The third-order valence-electron chi connectivity index (χ3n) is 5.12. The molecule has 5 nitrogen and oxygen atoms in total. The summed E-state index contributed by atoms with van der Waals surface area (Å²) < 4.78 is 0. The van der Waals surface area contributed by atoms with Crippen molar-refractivity contribution in [1.82, 2.24) is 5.32 Å². The first kappa shape index (κ1) is 19.1. The van der Waals surface area contributed by atoms with E-state index >= 15 is 0 Å². The summed E-state index contributed by atoms with van der Waals surface area (Å²) in [6, 6.07) is 15.6. The summed E-state index contributed by atoms with van der Waals surface area (Å²) in [5.41, 5.74) is 4.16. The number of anilines is 1. The van der Waals surface area contributed by atoms with Gasteiger partial charge in [0.15, 0.2) is 0 Å². The van der Waals surface area contributed by atoms with Crippen molar-refractivity contribution >= 4 is 17.5 Å². The molecule has 2 aromatic carbocycles. The third kappa shape index (κ3) is 4.74. The van der Waals surface area contributed by atoms with E-state index in [-0.39, 0.29) is 30.7 Å². The van der Waals surface area contributed by atoms with Crippen molar-refractivity contribution in [3.05, 3.63) is 65.2 Å². The fraction of sp³-hybridized carbons (Fsp3) is 0.364. The molecule has 27 heavy (non-hydrogen) atoms. The van der Waals surface area contributed by atoms with Crippen LogP contribution in [0.2, 0.25) is 0 Å². The minimum atomic E-state index is -0.649. The molecule has 1 saturated heterocycles. The zero-order valence-corrected chi connectivity index (χ0v) is 15.8. The van der Waals surface area contributed by atoms with E-state index in [1.165, 1.54) is 5.56 Å². The molecule has 0 spiro atoms. The van der Waals surface area contributed by atoms with Gasteiger partial charge in [0.1, 0.15) is 0 Å². The highest BCUT2D eigenvalue weighted by atomic mass is 16.3. The molecule has 2 aromatic rings. The zero-order chi connectivity index (χ0) is 19.4. The van der Waals surface area contributed by atoms with Gasteiger partial charge in [0.2, 0.25) is 11.8 Å². The number of aliphatic hydroxyl groups is 1. The van der Waals surface area contributed by atoms with Gasteiger partial charge in [0, 0.05) is 31.6 Å². The van der Waals surface area contributed by atoms with Gasteiger partial charge in [-0.15, -0.1) is 0 Å². The van der Waals surface area contributed by atoms with Crippen molar-refractivity contribution in [1.29, 1.82) is 0 Å². The number of benzene rings is 2. The lowest BCUT2D eigenvalue weighted by Crippen LogP contribution is -2.38. The number of carbonyl (C=O) groups is 2. The van der Waals surface area contributed by atoms with Crippen molar-refractivity contribution in [2.24, 2.45) is 5.92 Å². The molecule has 5 heteroatoms. The summed E-state index contributed by atoms with van der Waals surface area (Å²) in [6.07, 6.45) is 0.0387. The minimum Gasteiger partial charge on any atom is -0.391 e. The van der Waals surface area contributed by atoms with Crippen molar-refractivity contribution in [2.75, 3.05) is 18.0 Å². The third-order valence-corrected chi connectivity index (χ3v) is 5.12. The Kier molecular flexibility index (Phi) is 5.91. The lowest BCUT2D eigenvalue weighted by Gasteiger charge is -2.18. The van der Waals surface area contributed by atoms with Gasteiger partial charge < -0.3 is 15.3 Å². The first-order chi connectivity index (χ1) is 12.9. The number of rotatable bonds is 6. The minimum absolute atomic E-state index is 0.0387. The van der Waals surface area contributed by atoms with Crippen LogP contribution in [0.1, 0.15) is 23.1 Å². The van der Waals surface area contributed by atoms with E-state index in [0.29, 0.717) is 13.0 Å². The lowest BCUT2D eigenvalue weighted by atomic mass is 10.1. The molecule has 1 heterocycles. The standard InChI is InChI=1S/C22H26N2O3/c1-15-8-9-19(10-16(15)2)24-14-18(12-21(24)26)22(27)23-13-20(25)11-17-6-4-3-5-7-17/h3-10,18,20,25H,11-14H2,1-2H3,(H,23,27). The smallest absolute Gasteiger partial charge is 0.227 e. The number of aliphatic hydroxyl groups excluding tert-OH is 1. The fourth-order valence-corrected chi connectivity index (χ4v) is 3.35.